The number of rotatable bonds is 2. The van der Waals surface area contributed by atoms with Crippen molar-refractivity contribution in [2.24, 2.45) is 5.92 Å². The summed E-state index contributed by atoms with van der Waals surface area (Å²) in [5.41, 5.74) is -0.565. The molecular formula is C14H16F2N2O3. The van der Waals surface area contributed by atoms with Crippen molar-refractivity contribution in [3.05, 3.63) is 29.8 Å². The maximum atomic E-state index is 13.5. The van der Waals surface area contributed by atoms with Crippen LogP contribution in [0.15, 0.2) is 18.2 Å². The molecule has 2 rings (SSSR count). The molecule has 21 heavy (non-hydrogen) atoms. The van der Waals surface area contributed by atoms with Crippen molar-refractivity contribution in [2.45, 2.75) is 25.8 Å². The van der Waals surface area contributed by atoms with E-state index < -0.39 is 35.4 Å². The summed E-state index contributed by atoms with van der Waals surface area (Å²) in [5.74, 6) is -3.14. The van der Waals surface area contributed by atoms with Crippen LogP contribution in [-0.4, -0.2) is 34.6 Å². The molecule has 2 atom stereocenters. The Bertz CT molecular complexity index is 545. The Hall–Kier alpha value is -2.18. The molecule has 2 N–H and O–H groups in total. The fourth-order valence-electron chi connectivity index (χ4n) is 2.59. The third-order valence-electron chi connectivity index (χ3n) is 3.64. The molecular weight excluding hydrogens is 282 g/mol. The number of carboxylic acids is 1. The molecule has 2 unspecified atom stereocenters. The Morgan fingerprint density at radius 1 is 1.33 bits per heavy atom. The van der Waals surface area contributed by atoms with E-state index >= 15 is 0 Å². The van der Waals surface area contributed by atoms with E-state index in [1.807, 2.05) is 0 Å². The number of carboxylic acid groups (broad SMARTS) is 1. The molecule has 114 valence electrons. The molecule has 0 bridgehead atoms. The third kappa shape index (κ3) is 3.12. The van der Waals surface area contributed by atoms with E-state index in [2.05, 4.69) is 5.32 Å². The molecule has 2 amide bonds. The average Bonchev–Trinajstić information content (AvgIpc) is 2.42. The molecule has 1 heterocycles. The number of benzene rings is 1. The quantitative estimate of drug-likeness (QED) is 0.882. The van der Waals surface area contributed by atoms with Crippen LogP contribution in [0.3, 0.4) is 0 Å². The van der Waals surface area contributed by atoms with Crippen molar-refractivity contribution >= 4 is 17.7 Å². The molecule has 0 aliphatic carbocycles. The van der Waals surface area contributed by atoms with Crippen LogP contribution in [0.2, 0.25) is 0 Å². The predicted molar refractivity (Wildman–Crippen MR) is 71.9 cm³/mol. The van der Waals surface area contributed by atoms with Crippen molar-refractivity contribution < 1.29 is 23.5 Å². The molecule has 0 radical (unpaired) electrons. The van der Waals surface area contributed by atoms with E-state index in [-0.39, 0.29) is 12.5 Å². The first-order valence-corrected chi connectivity index (χ1v) is 6.66. The summed E-state index contributed by atoms with van der Waals surface area (Å²) in [5, 5.41) is 11.4. The maximum Gasteiger partial charge on any atom is 0.326 e. The van der Waals surface area contributed by atoms with E-state index in [0.29, 0.717) is 12.8 Å². The van der Waals surface area contributed by atoms with Gasteiger partial charge >= 0.3 is 12.0 Å². The molecule has 1 saturated heterocycles. The summed E-state index contributed by atoms with van der Waals surface area (Å²) in [6, 6.07) is 1.42. The number of nitrogens with one attached hydrogen (secondary N) is 1. The van der Waals surface area contributed by atoms with Crippen LogP contribution in [0.1, 0.15) is 19.8 Å². The van der Waals surface area contributed by atoms with Gasteiger partial charge in [-0.05, 0) is 30.9 Å². The van der Waals surface area contributed by atoms with Gasteiger partial charge in [0, 0.05) is 6.54 Å². The number of nitrogens with zero attached hydrogens (tertiary/aromatic N) is 1. The van der Waals surface area contributed by atoms with E-state index in [1.54, 1.807) is 6.92 Å². The minimum absolute atomic E-state index is 0.215. The van der Waals surface area contributed by atoms with Gasteiger partial charge in [0.2, 0.25) is 0 Å². The Morgan fingerprint density at radius 3 is 2.52 bits per heavy atom. The second-order valence-electron chi connectivity index (χ2n) is 5.12. The van der Waals surface area contributed by atoms with Gasteiger partial charge in [0.1, 0.15) is 23.4 Å². The number of carbonyl (C=O) groups is 2. The summed E-state index contributed by atoms with van der Waals surface area (Å²) < 4.78 is 27.0. The van der Waals surface area contributed by atoms with E-state index in [4.69, 9.17) is 0 Å². The first-order valence-electron chi connectivity index (χ1n) is 6.66. The smallest absolute Gasteiger partial charge is 0.326 e. The average molecular weight is 298 g/mol. The van der Waals surface area contributed by atoms with Crippen LogP contribution < -0.4 is 5.32 Å². The Balaban J connectivity index is 2.20. The molecule has 1 aromatic rings. The number of amides is 2. The number of para-hydroxylation sites is 1. The standard InChI is InChI=1S/C14H16F2N2O3/c1-8-4-3-7-18(12(8)13(19)20)14(21)17-11-9(15)5-2-6-10(11)16/h2,5-6,8,12H,3-4,7H2,1H3,(H,17,21)(H,19,20). The second-order valence-corrected chi connectivity index (χ2v) is 5.12. The van der Waals surface area contributed by atoms with Crippen LogP contribution in [0.25, 0.3) is 0 Å². The SMILES string of the molecule is CC1CCCN(C(=O)Nc2c(F)cccc2F)C1C(=O)O. The lowest BCUT2D eigenvalue weighted by molar-refractivity contribution is -0.145. The first-order chi connectivity index (χ1) is 9.91. The number of anilines is 1. The minimum atomic E-state index is -1.12. The van der Waals surface area contributed by atoms with Crippen molar-refractivity contribution in [2.75, 3.05) is 11.9 Å². The summed E-state index contributed by atoms with van der Waals surface area (Å²) in [6.07, 6.45) is 1.34. The van der Waals surface area contributed by atoms with E-state index in [1.165, 1.54) is 6.07 Å². The van der Waals surface area contributed by atoms with Gasteiger partial charge in [-0.15, -0.1) is 0 Å². The van der Waals surface area contributed by atoms with Gasteiger partial charge in [-0.3, -0.25) is 0 Å². The van der Waals surface area contributed by atoms with Crippen molar-refractivity contribution in [3.63, 3.8) is 0 Å². The Kier molecular flexibility index (Phi) is 4.40. The number of hydrogen-bond acceptors (Lipinski definition) is 2. The lowest BCUT2D eigenvalue weighted by Crippen LogP contribution is -2.53. The lowest BCUT2D eigenvalue weighted by atomic mass is 9.91. The zero-order chi connectivity index (χ0) is 15.6. The van der Waals surface area contributed by atoms with Crippen LogP contribution in [0.4, 0.5) is 19.3 Å². The van der Waals surface area contributed by atoms with Gasteiger partial charge in [0.05, 0.1) is 0 Å². The van der Waals surface area contributed by atoms with Gasteiger partial charge in [-0.2, -0.15) is 0 Å². The fourth-order valence-corrected chi connectivity index (χ4v) is 2.59. The van der Waals surface area contributed by atoms with Gasteiger partial charge in [-0.25, -0.2) is 18.4 Å². The van der Waals surface area contributed by atoms with Gasteiger partial charge in [0.25, 0.3) is 0 Å². The highest BCUT2D eigenvalue weighted by molar-refractivity contribution is 5.92. The number of piperidine rings is 1. The molecule has 0 saturated carbocycles. The zero-order valence-corrected chi connectivity index (χ0v) is 11.5. The third-order valence-corrected chi connectivity index (χ3v) is 3.64. The topological polar surface area (TPSA) is 69.6 Å². The number of aliphatic carboxylic acids is 1. The van der Waals surface area contributed by atoms with Crippen LogP contribution in [-0.2, 0) is 4.79 Å². The molecule has 5 nitrogen and oxygen atoms in total. The van der Waals surface area contributed by atoms with Gasteiger partial charge < -0.3 is 15.3 Å². The second kappa shape index (κ2) is 6.07. The van der Waals surface area contributed by atoms with E-state index in [9.17, 15) is 23.5 Å². The molecule has 7 heteroatoms. The minimum Gasteiger partial charge on any atom is -0.480 e. The number of likely N-dealkylation sites (tertiary alicyclic amines) is 1. The Morgan fingerprint density at radius 2 is 1.95 bits per heavy atom. The molecule has 1 aromatic carbocycles. The molecule has 1 aliphatic heterocycles. The molecule has 1 fully saturated rings. The number of urea groups is 1. The number of halogens is 2. The van der Waals surface area contributed by atoms with Crippen LogP contribution in [0, 0.1) is 17.6 Å². The number of carbonyl (C=O) groups excluding carboxylic acids is 1. The monoisotopic (exact) mass is 298 g/mol. The number of hydrogen-bond donors (Lipinski definition) is 2. The van der Waals surface area contributed by atoms with Gasteiger partial charge in [0.15, 0.2) is 0 Å². The van der Waals surface area contributed by atoms with Crippen molar-refractivity contribution in [1.29, 1.82) is 0 Å². The summed E-state index contributed by atoms with van der Waals surface area (Å²) in [7, 11) is 0. The highest BCUT2D eigenvalue weighted by Crippen LogP contribution is 2.25. The largest absolute Gasteiger partial charge is 0.480 e. The first kappa shape index (κ1) is 15.2. The predicted octanol–water partition coefficient (Wildman–Crippen LogP) is 2.68. The van der Waals surface area contributed by atoms with Crippen LogP contribution in [0.5, 0.6) is 0 Å². The van der Waals surface area contributed by atoms with Crippen molar-refractivity contribution in [3.8, 4) is 0 Å². The van der Waals surface area contributed by atoms with Crippen LogP contribution >= 0.6 is 0 Å². The summed E-state index contributed by atoms with van der Waals surface area (Å²) in [4.78, 5) is 24.6. The zero-order valence-electron chi connectivity index (χ0n) is 11.5. The Labute approximate surface area is 120 Å². The highest BCUT2D eigenvalue weighted by atomic mass is 19.1. The van der Waals surface area contributed by atoms with Gasteiger partial charge in [-0.1, -0.05) is 13.0 Å². The maximum absolute atomic E-state index is 13.5. The highest BCUT2D eigenvalue weighted by Gasteiger charge is 2.37. The lowest BCUT2D eigenvalue weighted by Gasteiger charge is -2.37. The van der Waals surface area contributed by atoms with E-state index in [0.717, 1.165) is 17.0 Å². The summed E-state index contributed by atoms with van der Waals surface area (Å²) in [6.45, 7) is 1.98. The van der Waals surface area contributed by atoms with Crippen molar-refractivity contribution in [1.82, 2.24) is 4.90 Å². The molecule has 0 aromatic heterocycles. The summed E-state index contributed by atoms with van der Waals surface area (Å²) >= 11 is 0. The molecule has 0 spiro atoms. The normalized spacial score (nSPS) is 22.0. The fraction of sp³-hybridized carbons (Fsp3) is 0.429. The molecule has 1 aliphatic rings.